The summed E-state index contributed by atoms with van der Waals surface area (Å²) < 4.78 is 37.0. The van der Waals surface area contributed by atoms with Crippen molar-refractivity contribution in [2.24, 2.45) is 0 Å². The first kappa shape index (κ1) is 28.6. The Kier molecular flexibility index (Phi) is 7.75. The Hall–Kier alpha value is -4.50. The molecule has 0 N–H and O–H groups in total. The second-order valence-electron chi connectivity index (χ2n) is 10.3. The van der Waals surface area contributed by atoms with Crippen LogP contribution in [-0.4, -0.2) is 30.2 Å². The monoisotopic (exact) mass is 605 g/mol. The van der Waals surface area contributed by atoms with Crippen LogP contribution in [0.15, 0.2) is 146 Å². The first-order chi connectivity index (χ1) is 20.9. The van der Waals surface area contributed by atoms with Crippen LogP contribution in [0.4, 0.5) is 5.69 Å². The number of carbonyl (C=O) groups is 2. The lowest BCUT2D eigenvalue weighted by Gasteiger charge is -2.32. The lowest BCUT2D eigenvalue weighted by molar-refractivity contribution is -0.121. The molecule has 1 heterocycles. The second-order valence-corrected chi connectivity index (χ2v) is 16.1. The highest BCUT2D eigenvalue weighted by Gasteiger charge is 2.63. The maximum atomic E-state index is 15.8. The maximum absolute atomic E-state index is 15.8. The first-order valence-corrected chi connectivity index (χ1v) is 17.4. The number of benzene rings is 5. The van der Waals surface area contributed by atoms with E-state index in [0.29, 0.717) is 32.7 Å². The van der Waals surface area contributed by atoms with Crippen LogP contribution >= 0.6 is 14.3 Å². The van der Waals surface area contributed by atoms with Gasteiger partial charge in [-0.05, 0) is 24.3 Å². The Labute approximate surface area is 250 Å². The largest absolute Gasteiger partial charge is 0.497 e. The smallest absolute Gasteiger partial charge is 0.246 e. The molecule has 0 aliphatic carbocycles. The average molecular weight is 606 g/mol. The quantitative estimate of drug-likeness (QED) is 0.176. The molecule has 0 radical (unpaired) electrons. The molecule has 0 spiro atoms. The molecule has 0 saturated carbocycles. The zero-order chi connectivity index (χ0) is 30.0. The summed E-state index contributed by atoms with van der Waals surface area (Å²) in [5.41, 5.74) is -2.57. The van der Waals surface area contributed by atoms with Crippen molar-refractivity contribution in [3.8, 4) is 5.75 Å². The molecule has 5 aromatic rings. The molecular formula is C35H29NO5P2. The number of methoxy groups -OCH3 is 1. The summed E-state index contributed by atoms with van der Waals surface area (Å²) in [6.07, 6.45) is 0. The molecule has 2 amide bonds. The molecule has 6 nitrogen and oxygen atoms in total. The van der Waals surface area contributed by atoms with Gasteiger partial charge < -0.3 is 13.9 Å². The van der Waals surface area contributed by atoms with Crippen LogP contribution in [0.25, 0.3) is 0 Å². The van der Waals surface area contributed by atoms with Crippen LogP contribution in [0.5, 0.6) is 5.75 Å². The molecule has 1 aliphatic heterocycles. The predicted molar refractivity (Wildman–Crippen MR) is 173 cm³/mol. The van der Waals surface area contributed by atoms with E-state index in [0.717, 1.165) is 4.90 Å². The van der Waals surface area contributed by atoms with E-state index >= 15 is 9.13 Å². The van der Waals surface area contributed by atoms with Gasteiger partial charge in [0.15, 0.2) is 14.3 Å². The fraction of sp³-hybridized carbons (Fsp3) is 0.0857. The zero-order valence-electron chi connectivity index (χ0n) is 23.4. The lowest BCUT2D eigenvalue weighted by Crippen LogP contribution is -2.41. The number of hydrogen-bond acceptors (Lipinski definition) is 5. The fourth-order valence-electron chi connectivity index (χ4n) is 5.88. The van der Waals surface area contributed by atoms with Crippen molar-refractivity contribution in [2.75, 3.05) is 12.0 Å². The molecule has 6 rings (SSSR count). The van der Waals surface area contributed by atoms with E-state index in [-0.39, 0.29) is 0 Å². The summed E-state index contributed by atoms with van der Waals surface area (Å²) in [6.45, 7) is 0. The van der Waals surface area contributed by atoms with Crippen LogP contribution in [0, 0.1) is 0 Å². The van der Waals surface area contributed by atoms with Crippen molar-refractivity contribution in [3.05, 3.63) is 146 Å². The number of anilines is 1. The van der Waals surface area contributed by atoms with Gasteiger partial charge in [-0.15, -0.1) is 0 Å². The Bertz CT molecular complexity index is 1650. The number of imide groups is 1. The highest BCUT2D eigenvalue weighted by Crippen LogP contribution is 2.63. The number of nitrogens with zero attached hydrogens (tertiary/aromatic N) is 1. The van der Waals surface area contributed by atoms with Gasteiger partial charge in [-0.1, -0.05) is 121 Å². The van der Waals surface area contributed by atoms with Gasteiger partial charge in [-0.2, -0.15) is 0 Å². The van der Waals surface area contributed by atoms with E-state index in [9.17, 15) is 9.59 Å². The molecule has 0 bridgehead atoms. The molecule has 5 aromatic carbocycles. The minimum absolute atomic E-state index is 0.295. The van der Waals surface area contributed by atoms with Crippen LogP contribution in [0.2, 0.25) is 0 Å². The summed E-state index contributed by atoms with van der Waals surface area (Å²) >= 11 is 0. The average Bonchev–Trinajstić information content (AvgIpc) is 3.35. The van der Waals surface area contributed by atoms with Gasteiger partial charge in [0.2, 0.25) is 11.8 Å². The van der Waals surface area contributed by atoms with Gasteiger partial charge in [0.1, 0.15) is 17.1 Å². The SMILES string of the molecule is COc1ccc(N2C(=O)C(P(=O)(c3ccccc3)c3ccccc3)C(P(=O)(c3ccccc3)c3ccccc3)C2=O)cc1. The van der Waals surface area contributed by atoms with E-state index in [2.05, 4.69) is 0 Å². The number of rotatable bonds is 8. The molecule has 1 aliphatic rings. The fourth-order valence-corrected chi connectivity index (χ4v) is 13.2. The second kappa shape index (κ2) is 11.6. The standard InChI is InChI=1S/C35H29NO5P2/c1-41-27-24-22-26(23-25-27)36-34(37)32(42(39,28-14-6-2-7-15-28)29-16-8-3-9-17-29)33(35(36)38)43(40,30-18-10-4-11-19-30)31-20-12-5-13-21-31/h2-25,32-33H,1H3. The van der Waals surface area contributed by atoms with E-state index in [1.807, 2.05) is 0 Å². The Balaban J connectivity index is 1.68. The summed E-state index contributed by atoms with van der Waals surface area (Å²) in [6, 6.07) is 41.6. The lowest BCUT2D eigenvalue weighted by atomic mass is 10.3. The summed E-state index contributed by atoms with van der Waals surface area (Å²) in [4.78, 5) is 30.6. The molecule has 0 aromatic heterocycles. The Morgan fingerprint density at radius 2 is 0.791 bits per heavy atom. The molecular weight excluding hydrogens is 576 g/mol. The van der Waals surface area contributed by atoms with Gasteiger partial charge in [0.25, 0.3) is 0 Å². The predicted octanol–water partition coefficient (Wildman–Crippen LogP) is 5.33. The topological polar surface area (TPSA) is 80.8 Å². The summed E-state index contributed by atoms with van der Waals surface area (Å²) in [5.74, 6) is -0.749. The third kappa shape index (κ3) is 4.77. The minimum Gasteiger partial charge on any atom is -0.497 e. The van der Waals surface area contributed by atoms with Crippen molar-refractivity contribution in [1.82, 2.24) is 0 Å². The molecule has 43 heavy (non-hydrogen) atoms. The van der Waals surface area contributed by atoms with Gasteiger partial charge in [-0.3, -0.25) is 9.59 Å². The first-order valence-electron chi connectivity index (χ1n) is 13.8. The van der Waals surface area contributed by atoms with E-state index in [1.54, 1.807) is 146 Å². The molecule has 8 heteroatoms. The molecule has 2 unspecified atom stereocenters. The van der Waals surface area contributed by atoms with Gasteiger partial charge >= 0.3 is 0 Å². The highest BCUT2D eigenvalue weighted by atomic mass is 31.2. The number of hydrogen-bond donors (Lipinski definition) is 0. The van der Waals surface area contributed by atoms with Crippen LogP contribution in [0.3, 0.4) is 0 Å². The number of carbonyl (C=O) groups excluding carboxylic acids is 2. The van der Waals surface area contributed by atoms with Crippen molar-refractivity contribution in [1.29, 1.82) is 0 Å². The summed E-state index contributed by atoms with van der Waals surface area (Å²) in [7, 11) is -6.35. The van der Waals surface area contributed by atoms with Crippen molar-refractivity contribution in [3.63, 3.8) is 0 Å². The van der Waals surface area contributed by atoms with Crippen LogP contribution in [-0.2, 0) is 18.7 Å². The number of amides is 2. The van der Waals surface area contributed by atoms with E-state index in [1.165, 1.54) is 7.11 Å². The third-order valence-corrected chi connectivity index (χ3v) is 15.0. The van der Waals surface area contributed by atoms with Crippen molar-refractivity contribution in [2.45, 2.75) is 11.3 Å². The van der Waals surface area contributed by atoms with E-state index in [4.69, 9.17) is 4.74 Å². The normalized spacial score (nSPS) is 17.2. The molecule has 1 fully saturated rings. The van der Waals surface area contributed by atoms with Gasteiger partial charge in [-0.25, -0.2) is 4.90 Å². The zero-order valence-corrected chi connectivity index (χ0v) is 25.2. The summed E-state index contributed by atoms with van der Waals surface area (Å²) in [5, 5.41) is 1.67. The molecule has 1 saturated heterocycles. The molecule has 214 valence electrons. The van der Waals surface area contributed by atoms with Crippen molar-refractivity contribution >= 4 is 53.0 Å². The van der Waals surface area contributed by atoms with E-state index < -0.39 is 37.4 Å². The van der Waals surface area contributed by atoms with Gasteiger partial charge in [0, 0.05) is 21.2 Å². The number of ether oxygens (including phenoxy) is 1. The maximum Gasteiger partial charge on any atom is 0.246 e. The Morgan fingerprint density at radius 1 is 0.488 bits per heavy atom. The minimum atomic E-state index is -3.94. The van der Waals surface area contributed by atoms with Crippen LogP contribution < -0.4 is 30.9 Å². The third-order valence-electron chi connectivity index (χ3n) is 7.92. The molecule has 2 atom stereocenters. The van der Waals surface area contributed by atoms with Crippen LogP contribution in [0.1, 0.15) is 0 Å². The highest BCUT2D eigenvalue weighted by molar-refractivity contribution is 7.84. The van der Waals surface area contributed by atoms with Gasteiger partial charge in [0.05, 0.1) is 12.8 Å². The van der Waals surface area contributed by atoms with Crippen molar-refractivity contribution < 1.29 is 23.5 Å². The Morgan fingerprint density at radius 3 is 1.07 bits per heavy atom.